The molecule has 0 aromatic carbocycles. The van der Waals surface area contributed by atoms with E-state index < -0.39 is 0 Å². The molecule has 4 fully saturated rings. The molecular weight excluding hydrogens is 232 g/mol. The first-order chi connectivity index (χ1) is 8.84. The zero-order chi connectivity index (χ0) is 13.9. The highest BCUT2D eigenvalue weighted by molar-refractivity contribution is 5.87. The van der Waals surface area contributed by atoms with Crippen LogP contribution in [0.2, 0.25) is 0 Å². The van der Waals surface area contributed by atoms with Crippen LogP contribution in [-0.4, -0.2) is 5.78 Å². The van der Waals surface area contributed by atoms with Crippen LogP contribution < -0.4 is 0 Å². The Kier molecular flexibility index (Phi) is 2.93. The third kappa shape index (κ3) is 1.99. The fourth-order valence-electron chi connectivity index (χ4n) is 6.81. The summed E-state index contributed by atoms with van der Waals surface area (Å²) < 4.78 is 0. The molecule has 4 rings (SSSR count). The van der Waals surface area contributed by atoms with Crippen LogP contribution in [0.4, 0.5) is 0 Å². The molecule has 4 aliphatic carbocycles. The predicted molar refractivity (Wildman–Crippen MR) is 78.9 cm³/mol. The minimum Gasteiger partial charge on any atom is -0.299 e. The molecule has 4 bridgehead atoms. The van der Waals surface area contributed by atoms with Crippen LogP contribution in [0.15, 0.2) is 0 Å². The van der Waals surface area contributed by atoms with Gasteiger partial charge in [-0.2, -0.15) is 0 Å². The third-order valence-electron chi connectivity index (χ3n) is 6.51. The molecule has 108 valence electrons. The van der Waals surface area contributed by atoms with Crippen LogP contribution in [0, 0.1) is 28.1 Å². The van der Waals surface area contributed by atoms with Gasteiger partial charge >= 0.3 is 0 Å². The summed E-state index contributed by atoms with van der Waals surface area (Å²) in [4.78, 5) is 13.1. The van der Waals surface area contributed by atoms with Gasteiger partial charge in [0, 0.05) is 11.3 Å². The average molecular weight is 262 g/mol. The second-order valence-electron chi connectivity index (χ2n) is 8.79. The molecule has 0 saturated heterocycles. The van der Waals surface area contributed by atoms with Gasteiger partial charge in [0.1, 0.15) is 5.78 Å². The maximum atomic E-state index is 13.1. The van der Waals surface area contributed by atoms with E-state index in [1.54, 1.807) is 0 Å². The summed E-state index contributed by atoms with van der Waals surface area (Å²) in [6, 6.07) is 0. The molecule has 19 heavy (non-hydrogen) atoms. The van der Waals surface area contributed by atoms with Gasteiger partial charge in [0.05, 0.1) is 0 Å². The normalized spacial score (nSPS) is 47.9. The monoisotopic (exact) mass is 262 g/mol. The Morgan fingerprint density at radius 3 is 1.95 bits per heavy atom. The maximum absolute atomic E-state index is 13.1. The van der Waals surface area contributed by atoms with Crippen molar-refractivity contribution in [1.82, 2.24) is 0 Å². The molecule has 0 amide bonds. The standard InChI is InChI=1S/C18H30O/c1-5-14(6-2)15(19)18-9-13-7-16(3,11-18)10-17(4,8-13)12-18/h13-14H,5-12H2,1-4H3. The Morgan fingerprint density at radius 2 is 1.53 bits per heavy atom. The summed E-state index contributed by atoms with van der Waals surface area (Å²) in [5.41, 5.74) is 1.01. The van der Waals surface area contributed by atoms with E-state index in [2.05, 4.69) is 27.7 Å². The summed E-state index contributed by atoms with van der Waals surface area (Å²) in [5, 5.41) is 0. The molecule has 0 N–H and O–H groups in total. The molecule has 0 radical (unpaired) electrons. The van der Waals surface area contributed by atoms with Gasteiger partial charge in [-0.05, 0) is 68.1 Å². The number of Topliss-reactive ketones (excluding diaryl/α,β-unsaturated/α-hetero) is 1. The van der Waals surface area contributed by atoms with Crippen molar-refractivity contribution in [3.8, 4) is 0 Å². The van der Waals surface area contributed by atoms with Crippen LogP contribution in [0.25, 0.3) is 0 Å². The minimum absolute atomic E-state index is 0.0691. The minimum atomic E-state index is 0.0691. The van der Waals surface area contributed by atoms with Crippen molar-refractivity contribution in [2.45, 2.75) is 79.1 Å². The van der Waals surface area contributed by atoms with Gasteiger partial charge < -0.3 is 0 Å². The van der Waals surface area contributed by atoms with Crippen molar-refractivity contribution >= 4 is 5.78 Å². The topological polar surface area (TPSA) is 17.1 Å². The van der Waals surface area contributed by atoms with E-state index in [0.29, 0.717) is 22.5 Å². The zero-order valence-corrected chi connectivity index (χ0v) is 13.2. The number of rotatable bonds is 4. The van der Waals surface area contributed by atoms with Crippen molar-refractivity contribution in [3.63, 3.8) is 0 Å². The van der Waals surface area contributed by atoms with Gasteiger partial charge in [0.25, 0.3) is 0 Å². The summed E-state index contributed by atoms with van der Waals surface area (Å²) in [5.74, 6) is 1.80. The SMILES string of the molecule is CCC(CC)C(=O)C12CC3CC(C)(CC(C)(C3)C1)C2. The van der Waals surface area contributed by atoms with E-state index in [9.17, 15) is 4.79 Å². The molecule has 0 aliphatic heterocycles. The quantitative estimate of drug-likeness (QED) is 0.697. The van der Waals surface area contributed by atoms with E-state index in [1.165, 1.54) is 38.5 Å². The summed E-state index contributed by atoms with van der Waals surface area (Å²) in [6.07, 6.45) is 9.83. The largest absolute Gasteiger partial charge is 0.299 e. The molecule has 4 saturated carbocycles. The third-order valence-corrected chi connectivity index (χ3v) is 6.51. The Bertz CT molecular complexity index is 374. The van der Waals surface area contributed by atoms with Crippen LogP contribution in [0.3, 0.4) is 0 Å². The summed E-state index contributed by atoms with van der Waals surface area (Å²) >= 11 is 0. The van der Waals surface area contributed by atoms with Crippen LogP contribution >= 0.6 is 0 Å². The molecule has 0 spiro atoms. The molecule has 0 aromatic heterocycles. The molecule has 2 atom stereocenters. The van der Waals surface area contributed by atoms with Crippen molar-refractivity contribution < 1.29 is 4.79 Å². The van der Waals surface area contributed by atoms with E-state index in [-0.39, 0.29) is 5.41 Å². The lowest BCUT2D eigenvalue weighted by Crippen LogP contribution is -2.58. The second-order valence-corrected chi connectivity index (χ2v) is 8.79. The highest BCUT2D eigenvalue weighted by Crippen LogP contribution is 2.70. The van der Waals surface area contributed by atoms with Crippen molar-refractivity contribution in [2.75, 3.05) is 0 Å². The Hall–Kier alpha value is -0.330. The first-order valence-electron chi connectivity index (χ1n) is 8.38. The second kappa shape index (κ2) is 4.09. The van der Waals surface area contributed by atoms with Crippen molar-refractivity contribution in [3.05, 3.63) is 0 Å². The number of hydrogen-bond donors (Lipinski definition) is 0. The van der Waals surface area contributed by atoms with Gasteiger partial charge in [-0.3, -0.25) is 4.79 Å². The van der Waals surface area contributed by atoms with Gasteiger partial charge in [0.2, 0.25) is 0 Å². The Balaban J connectivity index is 1.94. The number of carbonyl (C=O) groups is 1. The highest BCUT2D eigenvalue weighted by atomic mass is 16.1. The molecule has 4 aliphatic rings. The van der Waals surface area contributed by atoms with E-state index in [0.717, 1.165) is 18.8 Å². The van der Waals surface area contributed by atoms with E-state index >= 15 is 0 Å². The molecule has 1 heteroatoms. The van der Waals surface area contributed by atoms with Gasteiger partial charge in [-0.15, -0.1) is 0 Å². The fourth-order valence-corrected chi connectivity index (χ4v) is 6.81. The highest BCUT2D eigenvalue weighted by Gasteiger charge is 2.62. The van der Waals surface area contributed by atoms with Gasteiger partial charge in [0.15, 0.2) is 0 Å². The van der Waals surface area contributed by atoms with Crippen molar-refractivity contribution in [2.24, 2.45) is 28.1 Å². The summed E-state index contributed by atoms with van der Waals surface area (Å²) in [7, 11) is 0. The number of ketones is 1. The van der Waals surface area contributed by atoms with Gasteiger partial charge in [-0.1, -0.05) is 27.7 Å². The lowest BCUT2D eigenvalue weighted by atomic mass is 9.39. The fraction of sp³-hybridized carbons (Fsp3) is 0.944. The van der Waals surface area contributed by atoms with Crippen LogP contribution in [-0.2, 0) is 4.79 Å². The van der Waals surface area contributed by atoms with Crippen LogP contribution in [0.1, 0.15) is 79.1 Å². The molecule has 1 nitrogen and oxygen atoms in total. The number of carbonyl (C=O) groups excluding carboxylic acids is 1. The first kappa shape index (κ1) is 13.6. The molecule has 0 aromatic rings. The van der Waals surface area contributed by atoms with Crippen LogP contribution in [0.5, 0.6) is 0 Å². The summed E-state index contributed by atoms with van der Waals surface area (Å²) in [6.45, 7) is 9.31. The molecule has 0 heterocycles. The van der Waals surface area contributed by atoms with Crippen molar-refractivity contribution in [1.29, 1.82) is 0 Å². The zero-order valence-electron chi connectivity index (χ0n) is 13.2. The van der Waals surface area contributed by atoms with E-state index in [4.69, 9.17) is 0 Å². The van der Waals surface area contributed by atoms with Gasteiger partial charge in [-0.25, -0.2) is 0 Å². The first-order valence-corrected chi connectivity index (χ1v) is 8.38. The molecular formula is C18H30O. The smallest absolute Gasteiger partial charge is 0.142 e. The molecule has 2 unspecified atom stereocenters. The lowest BCUT2D eigenvalue weighted by Gasteiger charge is -2.65. The predicted octanol–water partition coefficient (Wildman–Crippen LogP) is 4.99. The number of hydrogen-bond acceptors (Lipinski definition) is 1. The maximum Gasteiger partial charge on any atom is 0.142 e. The lowest BCUT2D eigenvalue weighted by molar-refractivity contribution is -0.171. The Labute approximate surface area is 118 Å². The van der Waals surface area contributed by atoms with E-state index in [1.807, 2.05) is 0 Å². The Morgan fingerprint density at radius 1 is 1.00 bits per heavy atom. The average Bonchev–Trinajstić information content (AvgIpc) is 2.25.